The standard InChI is InChI=1S/C22H34N4O3S/c1-6-26-20-11-10-17(30(28,29)25(4)5)14-19(20)23-21(26)12-13-22(27)24-18-9-7-8-15(2)16(18)3/h10-11,14-16,18H,6-9,12-13H2,1-5H3,(H,24,27). The van der Waals surface area contributed by atoms with Gasteiger partial charge in [-0.1, -0.05) is 26.7 Å². The van der Waals surface area contributed by atoms with Gasteiger partial charge in [0.1, 0.15) is 5.82 Å². The van der Waals surface area contributed by atoms with Crippen molar-refractivity contribution in [3.05, 3.63) is 24.0 Å². The van der Waals surface area contributed by atoms with Crippen LogP contribution in [-0.2, 0) is 27.8 Å². The van der Waals surface area contributed by atoms with Gasteiger partial charge in [-0.05, 0) is 43.4 Å². The molecular formula is C22H34N4O3S. The van der Waals surface area contributed by atoms with Gasteiger partial charge in [0.15, 0.2) is 0 Å². The first-order valence-electron chi connectivity index (χ1n) is 10.9. The Kier molecular flexibility index (Phi) is 6.87. The van der Waals surface area contributed by atoms with E-state index in [1.54, 1.807) is 18.2 Å². The summed E-state index contributed by atoms with van der Waals surface area (Å²) in [6, 6.07) is 5.29. The fourth-order valence-corrected chi connectivity index (χ4v) is 5.29. The van der Waals surface area contributed by atoms with Gasteiger partial charge >= 0.3 is 0 Å². The molecule has 1 amide bonds. The molecule has 1 fully saturated rings. The second-order valence-electron chi connectivity index (χ2n) is 8.65. The minimum Gasteiger partial charge on any atom is -0.353 e. The molecule has 1 heterocycles. The lowest BCUT2D eigenvalue weighted by molar-refractivity contribution is -0.122. The topological polar surface area (TPSA) is 84.3 Å². The molecule has 1 aliphatic rings. The Hall–Kier alpha value is -1.93. The number of nitrogens with zero attached hydrogens (tertiary/aromatic N) is 3. The van der Waals surface area contributed by atoms with Gasteiger partial charge in [0.05, 0.1) is 15.9 Å². The van der Waals surface area contributed by atoms with Crippen LogP contribution in [0.3, 0.4) is 0 Å². The van der Waals surface area contributed by atoms with Crippen molar-refractivity contribution in [2.75, 3.05) is 14.1 Å². The molecule has 3 unspecified atom stereocenters. The maximum absolute atomic E-state index is 12.6. The predicted octanol–water partition coefficient (Wildman–Crippen LogP) is 3.18. The Bertz CT molecular complexity index is 1010. The molecule has 7 nitrogen and oxygen atoms in total. The summed E-state index contributed by atoms with van der Waals surface area (Å²) in [5.74, 6) is 2.01. The Morgan fingerprint density at radius 1 is 1.27 bits per heavy atom. The molecule has 3 atom stereocenters. The molecule has 1 aromatic heterocycles. The van der Waals surface area contributed by atoms with E-state index in [0.717, 1.165) is 17.8 Å². The molecule has 0 bridgehead atoms. The smallest absolute Gasteiger partial charge is 0.242 e. The number of imidazole rings is 1. The van der Waals surface area contributed by atoms with E-state index in [1.807, 2.05) is 6.92 Å². The van der Waals surface area contributed by atoms with Gasteiger partial charge in [0.25, 0.3) is 0 Å². The lowest BCUT2D eigenvalue weighted by Crippen LogP contribution is -2.43. The number of hydrogen-bond acceptors (Lipinski definition) is 4. The molecule has 8 heteroatoms. The van der Waals surface area contributed by atoms with Gasteiger partial charge in [-0.15, -0.1) is 0 Å². The lowest BCUT2D eigenvalue weighted by atomic mass is 9.78. The molecule has 1 aromatic carbocycles. The van der Waals surface area contributed by atoms with Crippen molar-refractivity contribution in [3.8, 4) is 0 Å². The van der Waals surface area contributed by atoms with E-state index in [9.17, 15) is 13.2 Å². The molecule has 166 valence electrons. The highest BCUT2D eigenvalue weighted by atomic mass is 32.2. The van der Waals surface area contributed by atoms with Crippen LogP contribution in [0, 0.1) is 11.8 Å². The third kappa shape index (κ3) is 4.54. The quantitative estimate of drug-likeness (QED) is 0.725. The number of benzene rings is 1. The number of aromatic nitrogens is 2. The minimum absolute atomic E-state index is 0.0616. The summed E-state index contributed by atoms with van der Waals surface area (Å²) < 4.78 is 28.1. The van der Waals surface area contributed by atoms with E-state index in [-0.39, 0.29) is 16.8 Å². The third-order valence-corrected chi connectivity index (χ3v) is 8.33. The summed E-state index contributed by atoms with van der Waals surface area (Å²) in [5.41, 5.74) is 1.53. The number of amides is 1. The van der Waals surface area contributed by atoms with Crippen LogP contribution >= 0.6 is 0 Å². The van der Waals surface area contributed by atoms with Crippen LogP contribution in [0.4, 0.5) is 0 Å². The number of hydrogen-bond donors (Lipinski definition) is 1. The Morgan fingerprint density at radius 2 is 2.00 bits per heavy atom. The monoisotopic (exact) mass is 434 g/mol. The second-order valence-corrected chi connectivity index (χ2v) is 10.8. The zero-order chi connectivity index (χ0) is 22.1. The van der Waals surface area contributed by atoms with Crippen LogP contribution < -0.4 is 5.32 Å². The summed E-state index contributed by atoms with van der Waals surface area (Å²) >= 11 is 0. The Morgan fingerprint density at radius 3 is 2.67 bits per heavy atom. The Balaban J connectivity index is 1.75. The van der Waals surface area contributed by atoms with Gasteiger partial charge in [0.2, 0.25) is 15.9 Å². The first kappa shape index (κ1) is 22.7. The Labute approximate surface area is 179 Å². The van der Waals surface area contributed by atoms with Crippen molar-refractivity contribution in [3.63, 3.8) is 0 Å². The van der Waals surface area contributed by atoms with Crippen molar-refractivity contribution in [2.24, 2.45) is 11.8 Å². The fourth-order valence-electron chi connectivity index (χ4n) is 4.36. The molecule has 0 radical (unpaired) electrons. The van der Waals surface area contributed by atoms with Gasteiger partial charge in [-0.3, -0.25) is 4.79 Å². The third-order valence-electron chi connectivity index (χ3n) is 6.52. The highest BCUT2D eigenvalue weighted by molar-refractivity contribution is 7.89. The van der Waals surface area contributed by atoms with E-state index in [1.165, 1.54) is 31.2 Å². The number of nitrogens with one attached hydrogen (secondary N) is 1. The maximum atomic E-state index is 12.6. The number of fused-ring (bicyclic) bond motifs is 1. The number of carbonyl (C=O) groups excluding carboxylic acids is 1. The molecule has 0 aliphatic heterocycles. The predicted molar refractivity (Wildman–Crippen MR) is 119 cm³/mol. The van der Waals surface area contributed by atoms with Gasteiger partial charge in [-0.2, -0.15) is 0 Å². The molecule has 1 saturated carbocycles. The van der Waals surface area contributed by atoms with Crippen molar-refractivity contribution < 1.29 is 13.2 Å². The summed E-state index contributed by atoms with van der Waals surface area (Å²) in [6.07, 6.45) is 4.36. The largest absolute Gasteiger partial charge is 0.353 e. The van der Waals surface area contributed by atoms with Crippen molar-refractivity contribution in [1.29, 1.82) is 0 Å². The molecule has 1 aliphatic carbocycles. The number of sulfonamides is 1. The van der Waals surface area contributed by atoms with Crippen LogP contribution in [0.25, 0.3) is 11.0 Å². The van der Waals surface area contributed by atoms with E-state index in [0.29, 0.717) is 36.7 Å². The van der Waals surface area contributed by atoms with E-state index in [2.05, 4.69) is 28.7 Å². The van der Waals surface area contributed by atoms with Crippen LogP contribution in [0.5, 0.6) is 0 Å². The highest BCUT2D eigenvalue weighted by Gasteiger charge is 2.28. The molecular weight excluding hydrogens is 400 g/mol. The molecule has 3 rings (SSSR count). The summed E-state index contributed by atoms with van der Waals surface area (Å²) in [4.78, 5) is 17.5. The molecule has 0 spiro atoms. The fraction of sp³-hybridized carbons (Fsp3) is 0.636. The SMILES string of the molecule is CCn1c(CCC(=O)NC2CCCC(C)C2C)nc2cc(S(=O)(=O)N(C)C)ccc21. The maximum Gasteiger partial charge on any atom is 0.242 e. The van der Waals surface area contributed by atoms with Gasteiger partial charge in [-0.25, -0.2) is 17.7 Å². The summed E-state index contributed by atoms with van der Waals surface area (Å²) in [7, 11) is -0.479. The van der Waals surface area contributed by atoms with E-state index < -0.39 is 10.0 Å². The zero-order valence-electron chi connectivity index (χ0n) is 18.7. The molecule has 2 aromatic rings. The van der Waals surface area contributed by atoms with E-state index in [4.69, 9.17) is 0 Å². The second kappa shape index (κ2) is 9.06. The molecule has 1 N–H and O–H groups in total. The van der Waals surface area contributed by atoms with Crippen LogP contribution in [-0.4, -0.2) is 48.3 Å². The van der Waals surface area contributed by atoms with Crippen LogP contribution in [0.2, 0.25) is 0 Å². The number of aryl methyl sites for hydroxylation is 2. The first-order valence-corrected chi connectivity index (χ1v) is 12.3. The number of rotatable bonds is 7. The van der Waals surface area contributed by atoms with Crippen molar-refractivity contribution >= 4 is 27.0 Å². The van der Waals surface area contributed by atoms with Crippen LogP contribution in [0.1, 0.15) is 52.3 Å². The normalized spacial score (nSPS) is 22.5. The average Bonchev–Trinajstić information content (AvgIpc) is 3.06. The van der Waals surface area contributed by atoms with Crippen molar-refractivity contribution in [2.45, 2.75) is 70.4 Å². The minimum atomic E-state index is -3.51. The summed E-state index contributed by atoms with van der Waals surface area (Å²) in [5, 5.41) is 3.22. The number of carbonyl (C=O) groups is 1. The average molecular weight is 435 g/mol. The van der Waals surface area contributed by atoms with E-state index >= 15 is 0 Å². The zero-order valence-corrected chi connectivity index (χ0v) is 19.5. The first-order chi connectivity index (χ1) is 14.1. The van der Waals surface area contributed by atoms with Crippen LogP contribution in [0.15, 0.2) is 23.1 Å². The van der Waals surface area contributed by atoms with Gasteiger partial charge in [0, 0.05) is 39.5 Å². The van der Waals surface area contributed by atoms with Gasteiger partial charge < -0.3 is 9.88 Å². The summed E-state index contributed by atoms with van der Waals surface area (Å²) in [6.45, 7) is 7.23. The van der Waals surface area contributed by atoms with Crippen molar-refractivity contribution in [1.82, 2.24) is 19.2 Å². The lowest BCUT2D eigenvalue weighted by Gasteiger charge is -2.34. The molecule has 30 heavy (non-hydrogen) atoms. The molecule has 0 saturated heterocycles. The highest BCUT2D eigenvalue weighted by Crippen LogP contribution is 2.29.